The van der Waals surface area contributed by atoms with Crippen LogP contribution in [0.25, 0.3) is 54.9 Å². The first-order chi connectivity index (χ1) is 29.9. The van der Waals surface area contributed by atoms with E-state index in [1.54, 1.807) is 0 Å². The number of hydrogen-bond donors (Lipinski definition) is 0. The van der Waals surface area contributed by atoms with Crippen molar-refractivity contribution in [3.63, 3.8) is 0 Å². The lowest BCUT2D eigenvalue weighted by atomic mass is 9.98. The molecule has 0 heterocycles. The fourth-order valence-corrected chi connectivity index (χ4v) is 7.39. The molecule has 0 aliphatic heterocycles. The fourth-order valence-electron chi connectivity index (χ4n) is 7.39. The predicted octanol–water partition coefficient (Wildman–Crippen LogP) is 16.9. The molecule has 0 aliphatic carbocycles. The fraction of sp³-hybridized carbons (Fsp3) is 0.0820. The van der Waals surface area contributed by atoms with Crippen LogP contribution in [-0.2, 0) is 6.42 Å². The molecule has 61 heavy (non-hydrogen) atoms. The normalized spacial score (nSPS) is 10.4. The molecule has 0 unspecified atom stereocenters. The molecule has 0 atom stereocenters. The van der Waals surface area contributed by atoms with Gasteiger partial charge in [0, 0.05) is 0 Å². The zero-order valence-corrected chi connectivity index (χ0v) is 35.8. The van der Waals surface area contributed by atoms with Crippen molar-refractivity contribution in [3.05, 3.63) is 276 Å². The summed E-state index contributed by atoms with van der Waals surface area (Å²) in [5, 5.41) is 5.37. The van der Waals surface area contributed by atoms with E-state index in [4.69, 9.17) is 0 Å². The third-order valence-electron chi connectivity index (χ3n) is 11.0. The Morgan fingerprint density at radius 3 is 0.852 bits per heavy atom. The average molecular weight is 787 g/mol. The third kappa shape index (κ3) is 11.9. The summed E-state index contributed by atoms with van der Waals surface area (Å²) in [6.07, 6.45) is 0.962. The minimum absolute atomic E-state index is 0.962. The topological polar surface area (TPSA) is 0 Å². The lowest BCUT2D eigenvalue weighted by molar-refractivity contribution is 1.19. The maximum atomic E-state index is 2.24. The third-order valence-corrected chi connectivity index (χ3v) is 11.0. The van der Waals surface area contributed by atoms with Crippen LogP contribution >= 0.6 is 0 Å². The van der Waals surface area contributed by atoms with E-state index in [1.807, 2.05) is 6.07 Å². The van der Waals surface area contributed by atoms with Crippen LogP contribution in [0.1, 0.15) is 33.4 Å². The lowest BCUT2D eigenvalue weighted by Crippen LogP contribution is -1.89. The summed E-state index contributed by atoms with van der Waals surface area (Å²) in [4.78, 5) is 0. The maximum absolute atomic E-state index is 2.24. The molecule has 0 bridgehead atoms. The summed E-state index contributed by atoms with van der Waals surface area (Å²) in [5.74, 6) is 0. The Morgan fingerprint density at radius 2 is 0.508 bits per heavy atom. The van der Waals surface area contributed by atoms with E-state index in [-0.39, 0.29) is 0 Å². The van der Waals surface area contributed by atoms with Gasteiger partial charge in [-0.15, -0.1) is 0 Å². The first-order valence-corrected chi connectivity index (χ1v) is 21.2. The summed E-state index contributed by atoms with van der Waals surface area (Å²) in [5.41, 5.74) is 15.6. The maximum Gasteiger partial charge on any atom is -0.00258 e. The van der Waals surface area contributed by atoms with Crippen LogP contribution in [0.2, 0.25) is 0 Å². The van der Waals surface area contributed by atoms with Gasteiger partial charge in [0.1, 0.15) is 0 Å². The molecular formula is C61H54. The van der Waals surface area contributed by atoms with Crippen molar-refractivity contribution in [3.8, 4) is 33.4 Å². The summed E-state index contributed by atoms with van der Waals surface area (Å²) in [7, 11) is 0. The Kier molecular flexibility index (Phi) is 14.5. The monoisotopic (exact) mass is 786 g/mol. The molecule has 10 aromatic carbocycles. The van der Waals surface area contributed by atoms with E-state index >= 15 is 0 Å². The SMILES string of the molecule is Cc1ccc(-c2ccc(Cc3ccc(-c4ccccc4)cc3)cc2)cc1.Cc1ccc(-c2ccccc2)cc1.Cc1cccc2ccccc12.Cc1cccc2ccccc12. The van der Waals surface area contributed by atoms with E-state index in [9.17, 15) is 0 Å². The zero-order chi connectivity index (χ0) is 42.2. The van der Waals surface area contributed by atoms with Gasteiger partial charge in [0.2, 0.25) is 0 Å². The minimum Gasteiger partial charge on any atom is -0.0622 e. The molecule has 0 heteroatoms. The van der Waals surface area contributed by atoms with Gasteiger partial charge in [0.05, 0.1) is 0 Å². The second-order valence-electron chi connectivity index (χ2n) is 15.6. The Hall–Kier alpha value is -7.28. The molecule has 0 N–H and O–H groups in total. The van der Waals surface area contributed by atoms with Crippen molar-refractivity contribution < 1.29 is 0 Å². The van der Waals surface area contributed by atoms with E-state index < -0.39 is 0 Å². The van der Waals surface area contributed by atoms with Gasteiger partial charge in [-0.2, -0.15) is 0 Å². The van der Waals surface area contributed by atoms with Gasteiger partial charge >= 0.3 is 0 Å². The molecule has 0 fully saturated rings. The Bertz CT molecular complexity index is 2760. The van der Waals surface area contributed by atoms with Crippen molar-refractivity contribution >= 4 is 21.5 Å². The highest BCUT2D eigenvalue weighted by atomic mass is 14.1. The highest BCUT2D eigenvalue weighted by molar-refractivity contribution is 5.86. The standard InChI is InChI=1S/C26H22.C13H12.2C11H10/c1-20-7-13-24(14-8-20)26-17-11-22(12-18-26)19-21-9-15-25(16-10-21)23-5-3-2-4-6-23;1-11-7-9-13(10-8-11)12-5-3-2-4-6-12;2*1-9-5-4-7-10-6-2-3-8-11(9)10/h2-18H,19H2,1H3;2-10H,1H3;2*2-8H,1H3. The molecule has 0 aliphatic rings. The predicted molar refractivity (Wildman–Crippen MR) is 265 cm³/mol. The highest BCUT2D eigenvalue weighted by Crippen LogP contribution is 2.24. The molecule has 10 aromatic rings. The van der Waals surface area contributed by atoms with Crippen LogP contribution in [0.3, 0.4) is 0 Å². The molecule has 0 saturated heterocycles. The van der Waals surface area contributed by atoms with E-state index in [1.165, 1.54) is 88.3 Å². The zero-order valence-electron chi connectivity index (χ0n) is 35.8. The van der Waals surface area contributed by atoms with Crippen LogP contribution in [-0.4, -0.2) is 0 Å². The number of aryl methyl sites for hydroxylation is 4. The second-order valence-corrected chi connectivity index (χ2v) is 15.6. The average Bonchev–Trinajstić information content (AvgIpc) is 3.32. The van der Waals surface area contributed by atoms with Crippen LogP contribution in [0.15, 0.2) is 243 Å². The molecule has 298 valence electrons. The number of rotatable bonds is 5. The molecular weight excluding hydrogens is 733 g/mol. The van der Waals surface area contributed by atoms with Crippen molar-refractivity contribution in [1.82, 2.24) is 0 Å². The molecule has 10 rings (SSSR count). The van der Waals surface area contributed by atoms with Gasteiger partial charge < -0.3 is 0 Å². The smallest absolute Gasteiger partial charge is 0.00258 e. The number of hydrogen-bond acceptors (Lipinski definition) is 0. The molecule has 0 aromatic heterocycles. The molecule has 0 saturated carbocycles. The minimum atomic E-state index is 0.962. The quantitative estimate of drug-likeness (QED) is 0.163. The molecule has 0 nitrogen and oxygen atoms in total. The Labute approximate surface area is 363 Å². The molecule has 0 spiro atoms. The Balaban J connectivity index is 0.000000134. The van der Waals surface area contributed by atoms with Crippen LogP contribution < -0.4 is 0 Å². The van der Waals surface area contributed by atoms with Gasteiger partial charge in [-0.25, -0.2) is 0 Å². The molecule has 0 amide bonds. The summed E-state index contributed by atoms with van der Waals surface area (Å²) < 4.78 is 0. The van der Waals surface area contributed by atoms with E-state index in [2.05, 4.69) is 264 Å². The highest BCUT2D eigenvalue weighted by Gasteiger charge is 2.02. The second kappa shape index (κ2) is 21.1. The van der Waals surface area contributed by atoms with Crippen molar-refractivity contribution in [1.29, 1.82) is 0 Å². The van der Waals surface area contributed by atoms with Crippen LogP contribution in [0.5, 0.6) is 0 Å². The van der Waals surface area contributed by atoms with Gasteiger partial charge in [-0.3, -0.25) is 0 Å². The Morgan fingerprint density at radius 1 is 0.230 bits per heavy atom. The lowest BCUT2D eigenvalue weighted by Gasteiger charge is -2.07. The van der Waals surface area contributed by atoms with Crippen molar-refractivity contribution in [2.24, 2.45) is 0 Å². The summed E-state index contributed by atoms with van der Waals surface area (Å²) in [6.45, 7) is 8.51. The number of benzene rings is 10. The van der Waals surface area contributed by atoms with Gasteiger partial charge in [0.25, 0.3) is 0 Å². The first-order valence-electron chi connectivity index (χ1n) is 21.2. The van der Waals surface area contributed by atoms with Crippen LogP contribution in [0, 0.1) is 27.7 Å². The van der Waals surface area contributed by atoms with Gasteiger partial charge in [-0.1, -0.05) is 254 Å². The summed E-state index contributed by atoms with van der Waals surface area (Å²) >= 11 is 0. The largest absolute Gasteiger partial charge is 0.0622 e. The van der Waals surface area contributed by atoms with Gasteiger partial charge in [-0.05, 0) is 111 Å². The van der Waals surface area contributed by atoms with E-state index in [0.717, 1.165) is 6.42 Å². The number of fused-ring (bicyclic) bond motifs is 2. The first kappa shape index (κ1) is 41.9. The van der Waals surface area contributed by atoms with Crippen molar-refractivity contribution in [2.45, 2.75) is 34.1 Å². The van der Waals surface area contributed by atoms with E-state index in [0.29, 0.717) is 0 Å². The summed E-state index contributed by atoms with van der Waals surface area (Å²) in [6, 6.07) is 85.7. The molecule has 0 radical (unpaired) electrons. The van der Waals surface area contributed by atoms with Gasteiger partial charge in [0.15, 0.2) is 0 Å². The van der Waals surface area contributed by atoms with Crippen LogP contribution in [0.4, 0.5) is 0 Å². The van der Waals surface area contributed by atoms with Crippen molar-refractivity contribution in [2.75, 3.05) is 0 Å².